The van der Waals surface area contributed by atoms with Crippen molar-refractivity contribution in [3.8, 4) is 28.7 Å². The van der Waals surface area contributed by atoms with Crippen LogP contribution in [0, 0.1) is 13.8 Å². The number of phenols is 1. The molecule has 0 fully saturated rings. The van der Waals surface area contributed by atoms with E-state index in [-0.39, 0.29) is 23.3 Å². The molecule has 8 heteroatoms. The molecule has 7 rings (SSSR count). The number of fused-ring (bicyclic) bond motifs is 6. The van der Waals surface area contributed by atoms with E-state index in [0.29, 0.717) is 61.1 Å². The highest BCUT2D eigenvalue weighted by molar-refractivity contribution is 5.97. The Kier molecular flexibility index (Phi) is 7.67. The van der Waals surface area contributed by atoms with Gasteiger partial charge in [0.1, 0.15) is 17.2 Å². The molecule has 0 spiro atoms. The van der Waals surface area contributed by atoms with Crippen LogP contribution in [0.2, 0.25) is 0 Å². The van der Waals surface area contributed by atoms with E-state index >= 15 is 0 Å². The van der Waals surface area contributed by atoms with Gasteiger partial charge in [-0.2, -0.15) is 0 Å². The summed E-state index contributed by atoms with van der Waals surface area (Å²) >= 11 is 0. The Bertz CT molecular complexity index is 1720. The number of aryl methyl sites for hydroxylation is 1. The number of aromatic hydroxyl groups is 1. The van der Waals surface area contributed by atoms with Gasteiger partial charge in [-0.3, -0.25) is 9.59 Å². The van der Waals surface area contributed by atoms with Crippen LogP contribution in [0.15, 0.2) is 72.8 Å². The maximum atomic E-state index is 14.2. The van der Waals surface area contributed by atoms with Crippen LogP contribution in [-0.2, 0) is 6.42 Å². The molecule has 0 radical (unpaired) electrons. The van der Waals surface area contributed by atoms with E-state index < -0.39 is 5.91 Å². The molecular weight excluding hydrogens is 544 g/mol. The number of phenolic OH excluding ortho intramolecular Hbond substituents is 1. The van der Waals surface area contributed by atoms with E-state index in [1.807, 2.05) is 73.3 Å². The first-order valence-electron chi connectivity index (χ1n) is 14.4. The minimum atomic E-state index is -0.403. The Balaban J connectivity index is 1.50. The van der Waals surface area contributed by atoms with Gasteiger partial charge in [-0.15, -0.1) is 0 Å². The number of carbonyl (C=O) groups is 2. The van der Waals surface area contributed by atoms with Crippen LogP contribution in [0.1, 0.15) is 61.0 Å². The normalized spacial score (nSPS) is 16.3. The second-order valence-corrected chi connectivity index (χ2v) is 10.9. The van der Waals surface area contributed by atoms with Gasteiger partial charge in [0.25, 0.3) is 11.8 Å². The minimum absolute atomic E-state index is 0.0306. The van der Waals surface area contributed by atoms with E-state index in [2.05, 4.69) is 5.32 Å². The second-order valence-electron chi connectivity index (χ2n) is 10.9. The lowest BCUT2D eigenvalue weighted by Crippen LogP contribution is -2.41. The molecule has 3 aliphatic heterocycles. The Morgan fingerprint density at radius 3 is 2.70 bits per heavy atom. The smallest absolute Gasteiger partial charge is 0.255 e. The lowest BCUT2D eigenvalue weighted by Gasteiger charge is -2.38. The largest absolute Gasteiger partial charge is 0.507 e. The molecule has 4 aromatic rings. The van der Waals surface area contributed by atoms with E-state index in [1.54, 1.807) is 13.2 Å². The third kappa shape index (κ3) is 5.48. The number of benzene rings is 4. The molecule has 0 saturated heterocycles. The van der Waals surface area contributed by atoms with Crippen LogP contribution < -0.4 is 19.5 Å². The highest BCUT2D eigenvalue weighted by Crippen LogP contribution is 2.44. The lowest BCUT2D eigenvalue weighted by atomic mass is 9.86. The van der Waals surface area contributed by atoms with Crippen LogP contribution in [0.4, 0.5) is 0 Å². The topological polar surface area (TPSA) is 97.3 Å². The van der Waals surface area contributed by atoms with Crippen molar-refractivity contribution < 1.29 is 28.9 Å². The fourth-order valence-electron chi connectivity index (χ4n) is 5.80. The standard InChI is InChI=1S/C35H34N2O6/c1-21-7-4-10-27(22(21)2)35(40)37-15-13-23-18-32-31(41-3)20-28(23)33(37)24-8-5-9-25(17-24)42-16-6-14-36-34(39)29-19-26(43-32)11-12-30(29)38/h4-5,7-12,17-20,33,38H,6,13-16H2,1-3H3,(H,36,39). The highest BCUT2D eigenvalue weighted by Gasteiger charge is 2.35. The van der Waals surface area contributed by atoms with Crippen molar-refractivity contribution in [3.63, 3.8) is 0 Å². The zero-order valence-corrected chi connectivity index (χ0v) is 24.5. The van der Waals surface area contributed by atoms with Crippen molar-refractivity contribution in [1.29, 1.82) is 0 Å². The first-order valence-corrected chi connectivity index (χ1v) is 14.4. The first-order chi connectivity index (χ1) is 20.8. The van der Waals surface area contributed by atoms with Gasteiger partial charge in [0.15, 0.2) is 11.5 Å². The first kappa shape index (κ1) is 28.2. The molecular formula is C35H34N2O6. The quantitative estimate of drug-likeness (QED) is 0.298. The number of hydrogen-bond donors (Lipinski definition) is 2. The third-order valence-corrected chi connectivity index (χ3v) is 8.24. The summed E-state index contributed by atoms with van der Waals surface area (Å²) in [6.07, 6.45) is 1.18. The van der Waals surface area contributed by atoms with Gasteiger partial charge in [0.05, 0.1) is 25.3 Å². The fourth-order valence-corrected chi connectivity index (χ4v) is 5.80. The number of rotatable bonds is 2. The van der Waals surface area contributed by atoms with Gasteiger partial charge in [-0.1, -0.05) is 24.3 Å². The summed E-state index contributed by atoms with van der Waals surface area (Å²) in [6.45, 7) is 5.25. The van der Waals surface area contributed by atoms with Gasteiger partial charge in [-0.05, 0) is 103 Å². The summed E-state index contributed by atoms with van der Waals surface area (Å²) in [5, 5.41) is 13.2. The van der Waals surface area contributed by atoms with Crippen molar-refractivity contribution in [3.05, 3.63) is 112 Å². The molecule has 43 heavy (non-hydrogen) atoms. The molecule has 2 amide bonds. The molecule has 2 N–H and O–H groups in total. The van der Waals surface area contributed by atoms with Crippen LogP contribution in [0.25, 0.3) is 0 Å². The number of hydrogen-bond acceptors (Lipinski definition) is 6. The number of ether oxygens (including phenoxy) is 3. The predicted octanol–water partition coefficient (Wildman–Crippen LogP) is 6.11. The molecule has 220 valence electrons. The van der Waals surface area contributed by atoms with Gasteiger partial charge < -0.3 is 29.5 Å². The predicted molar refractivity (Wildman–Crippen MR) is 163 cm³/mol. The Morgan fingerprint density at radius 2 is 1.86 bits per heavy atom. The SMILES string of the molecule is COc1cc2c3cc1Oc1ccc(O)c(c1)C(=O)NCCCOc1cccc(c1)C2N(C(=O)c1cccc(C)c1C)CC3. The third-order valence-electron chi connectivity index (χ3n) is 8.24. The molecule has 3 heterocycles. The molecule has 0 saturated carbocycles. The van der Waals surface area contributed by atoms with E-state index in [1.165, 1.54) is 12.1 Å². The number of amides is 2. The van der Waals surface area contributed by atoms with E-state index in [4.69, 9.17) is 14.2 Å². The monoisotopic (exact) mass is 578 g/mol. The summed E-state index contributed by atoms with van der Waals surface area (Å²) in [6, 6.07) is 21.7. The van der Waals surface area contributed by atoms with E-state index in [9.17, 15) is 14.7 Å². The van der Waals surface area contributed by atoms with Crippen molar-refractivity contribution >= 4 is 11.8 Å². The summed E-state index contributed by atoms with van der Waals surface area (Å²) < 4.78 is 18.1. The van der Waals surface area contributed by atoms with Gasteiger partial charge in [0, 0.05) is 18.7 Å². The molecule has 0 aliphatic carbocycles. The van der Waals surface area contributed by atoms with Crippen LogP contribution in [0.3, 0.4) is 0 Å². The maximum Gasteiger partial charge on any atom is 0.255 e. The van der Waals surface area contributed by atoms with Crippen molar-refractivity contribution in [2.45, 2.75) is 32.7 Å². The van der Waals surface area contributed by atoms with Gasteiger partial charge in [-0.25, -0.2) is 0 Å². The molecule has 1 unspecified atom stereocenters. The number of methoxy groups -OCH3 is 1. The minimum Gasteiger partial charge on any atom is -0.507 e. The van der Waals surface area contributed by atoms with Crippen molar-refractivity contribution in [1.82, 2.24) is 10.2 Å². The second kappa shape index (κ2) is 11.7. The van der Waals surface area contributed by atoms with E-state index in [0.717, 1.165) is 27.8 Å². The summed E-state index contributed by atoms with van der Waals surface area (Å²) in [5.41, 5.74) is 5.73. The Morgan fingerprint density at radius 1 is 1.02 bits per heavy atom. The lowest BCUT2D eigenvalue weighted by molar-refractivity contribution is 0.0692. The molecule has 0 aromatic heterocycles. The van der Waals surface area contributed by atoms with Crippen LogP contribution in [-0.4, -0.2) is 48.6 Å². The Hall–Kier alpha value is -4.98. The molecule has 8 bridgehead atoms. The van der Waals surface area contributed by atoms with Crippen molar-refractivity contribution in [2.75, 3.05) is 26.8 Å². The molecule has 4 aromatic carbocycles. The maximum absolute atomic E-state index is 14.2. The molecule has 1 atom stereocenters. The van der Waals surface area contributed by atoms with Gasteiger partial charge >= 0.3 is 0 Å². The number of carbonyl (C=O) groups excluding carboxylic acids is 2. The summed E-state index contributed by atoms with van der Waals surface area (Å²) in [4.78, 5) is 29.0. The van der Waals surface area contributed by atoms with Crippen LogP contribution in [0.5, 0.6) is 28.7 Å². The molecule has 8 nitrogen and oxygen atoms in total. The van der Waals surface area contributed by atoms with Gasteiger partial charge in [0.2, 0.25) is 0 Å². The fraction of sp³-hybridized carbons (Fsp3) is 0.257. The number of nitrogens with one attached hydrogen (secondary N) is 1. The average Bonchev–Trinajstić information content (AvgIpc) is 3.01. The molecule has 3 aliphatic rings. The summed E-state index contributed by atoms with van der Waals surface area (Å²) in [7, 11) is 1.57. The summed E-state index contributed by atoms with van der Waals surface area (Å²) in [5.74, 6) is 1.45. The highest BCUT2D eigenvalue weighted by atomic mass is 16.5. The Labute approximate surface area is 250 Å². The number of nitrogens with zero attached hydrogens (tertiary/aromatic N) is 1. The zero-order valence-electron chi connectivity index (χ0n) is 24.5. The zero-order chi connectivity index (χ0) is 30.1. The average molecular weight is 579 g/mol. The van der Waals surface area contributed by atoms with Crippen molar-refractivity contribution in [2.24, 2.45) is 0 Å². The van der Waals surface area contributed by atoms with Crippen LogP contribution >= 0.6 is 0 Å².